The second-order valence-electron chi connectivity index (χ2n) is 9.58. The van der Waals surface area contributed by atoms with Crippen LogP contribution in [0.15, 0.2) is 46.7 Å². The van der Waals surface area contributed by atoms with Gasteiger partial charge in [-0.2, -0.15) is 4.31 Å². The monoisotopic (exact) mass is 564 g/mol. The first-order chi connectivity index (χ1) is 16.9. The molecule has 192 valence electrons. The fourth-order valence-corrected chi connectivity index (χ4v) is 8.52. The van der Waals surface area contributed by atoms with Gasteiger partial charge in [0.25, 0.3) is 0 Å². The molecule has 0 aliphatic carbocycles. The molecular formula is C27H30Cl2N2O3S2. The molecule has 4 rings (SSSR count). The lowest BCUT2D eigenvalue weighted by molar-refractivity contribution is -0.133. The van der Waals surface area contributed by atoms with Crippen LogP contribution < -0.4 is 0 Å². The molecule has 1 unspecified atom stereocenters. The molecule has 2 aromatic carbocycles. The van der Waals surface area contributed by atoms with E-state index >= 15 is 0 Å². The van der Waals surface area contributed by atoms with E-state index in [2.05, 4.69) is 0 Å². The molecule has 0 fully saturated rings. The van der Waals surface area contributed by atoms with Crippen LogP contribution in [0, 0.1) is 20.8 Å². The Morgan fingerprint density at radius 1 is 1.08 bits per heavy atom. The van der Waals surface area contributed by atoms with E-state index in [-0.39, 0.29) is 17.3 Å². The first-order valence-electron chi connectivity index (χ1n) is 11.8. The number of carbonyl (C=O) groups is 1. The fourth-order valence-electron chi connectivity index (χ4n) is 5.10. The van der Waals surface area contributed by atoms with Crippen molar-refractivity contribution in [1.82, 2.24) is 9.21 Å². The summed E-state index contributed by atoms with van der Waals surface area (Å²) in [7, 11) is -3.91. The summed E-state index contributed by atoms with van der Waals surface area (Å²) >= 11 is 14.4. The highest BCUT2D eigenvalue weighted by atomic mass is 35.5. The van der Waals surface area contributed by atoms with Crippen LogP contribution in [0.2, 0.25) is 10.0 Å². The van der Waals surface area contributed by atoms with E-state index in [9.17, 15) is 13.2 Å². The van der Waals surface area contributed by atoms with E-state index in [1.807, 2.05) is 36.6 Å². The average Bonchev–Trinajstić information content (AvgIpc) is 3.24. The number of benzene rings is 2. The number of nitrogens with zero attached hydrogens (tertiary/aromatic N) is 2. The predicted molar refractivity (Wildman–Crippen MR) is 148 cm³/mol. The third-order valence-corrected chi connectivity index (χ3v) is 10.5. The minimum Gasteiger partial charge on any atom is -0.330 e. The molecular weight excluding hydrogens is 535 g/mol. The van der Waals surface area contributed by atoms with E-state index in [0.717, 1.165) is 16.7 Å². The molecule has 3 aromatic rings. The molecule has 0 saturated heterocycles. The van der Waals surface area contributed by atoms with Crippen LogP contribution in [0.3, 0.4) is 0 Å². The molecule has 0 saturated carbocycles. The molecule has 1 atom stereocenters. The number of aryl methyl sites for hydroxylation is 3. The van der Waals surface area contributed by atoms with E-state index in [1.54, 1.807) is 56.1 Å². The quantitative estimate of drug-likeness (QED) is 0.341. The molecule has 2 heterocycles. The van der Waals surface area contributed by atoms with E-state index in [4.69, 9.17) is 23.2 Å². The molecule has 0 spiro atoms. The van der Waals surface area contributed by atoms with Gasteiger partial charge in [-0.25, -0.2) is 8.42 Å². The number of carbonyl (C=O) groups excluding carboxylic acids is 1. The van der Waals surface area contributed by atoms with Crippen molar-refractivity contribution in [3.8, 4) is 0 Å². The molecule has 0 N–H and O–H groups in total. The first-order valence-corrected chi connectivity index (χ1v) is 14.9. The standard InChI is InChI=1S/C27H30Cl2N2O3S2/c1-16(2)31(36(33,34)27-18(4)12-17(3)13-19(27)5)15-25(32)30-10-8-24-22(9-11-35-24)26(30)21-7-6-20(28)14-23(21)29/h6-7,9,11-14,16,26H,8,10,15H2,1-5H3. The smallest absolute Gasteiger partial charge is 0.244 e. The normalized spacial score (nSPS) is 16.0. The van der Waals surface area contributed by atoms with Gasteiger partial charge in [0.2, 0.25) is 15.9 Å². The highest BCUT2D eigenvalue weighted by molar-refractivity contribution is 7.89. The van der Waals surface area contributed by atoms with Gasteiger partial charge in [0.15, 0.2) is 0 Å². The van der Waals surface area contributed by atoms with Crippen LogP contribution in [0.4, 0.5) is 0 Å². The Morgan fingerprint density at radius 3 is 2.36 bits per heavy atom. The maximum atomic E-state index is 13.9. The van der Waals surface area contributed by atoms with Crippen molar-refractivity contribution in [1.29, 1.82) is 0 Å². The van der Waals surface area contributed by atoms with Crippen molar-refractivity contribution >= 4 is 50.5 Å². The Labute approximate surface area is 227 Å². The van der Waals surface area contributed by atoms with Crippen LogP contribution in [-0.4, -0.2) is 42.7 Å². The summed E-state index contributed by atoms with van der Waals surface area (Å²) in [6, 6.07) is 10.2. The number of halogens is 2. The largest absolute Gasteiger partial charge is 0.330 e. The van der Waals surface area contributed by atoms with Crippen molar-refractivity contribution in [3.63, 3.8) is 0 Å². The lowest BCUT2D eigenvalue weighted by Gasteiger charge is -2.38. The van der Waals surface area contributed by atoms with Gasteiger partial charge in [0.05, 0.1) is 17.5 Å². The lowest BCUT2D eigenvalue weighted by atomic mass is 9.93. The van der Waals surface area contributed by atoms with Crippen molar-refractivity contribution in [2.45, 2.75) is 58.0 Å². The highest BCUT2D eigenvalue weighted by Crippen LogP contribution is 2.41. The molecule has 1 aromatic heterocycles. The summed E-state index contributed by atoms with van der Waals surface area (Å²) in [5.41, 5.74) is 4.15. The minimum atomic E-state index is -3.91. The molecule has 9 heteroatoms. The maximum Gasteiger partial charge on any atom is 0.244 e. The Hall–Kier alpha value is -1.90. The van der Waals surface area contributed by atoms with Gasteiger partial charge in [-0.1, -0.05) is 47.0 Å². The van der Waals surface area contributed by atoms with Crippen molar-refractivity contribution in [2.24, 2.45) is 0 Å². The fraction of sp³-hybridized carbons (Fsp3) is 0.370. The molecule has 0 bridgehead atoms. The summed E-state index contributed by atoms with van der Waals surface area (Å²) in [6.45, 7) is 9.35. The average molecular weight is 566 g/mol. The van der Waals surface area contributed by atoms with Gasteiger partial charge in [-0.15, -0.1) is 11.3 Å². The Morgan fingerprint density at radius 2 is 1.75 bits per heavy atom. The Kier molecular flexibility index (Phi) is 7.89. The Bertz CT molecular complexity index is 1390. The maximum absolute atomic E-state index is 13.9. The minimum absolute atomic E-state index is 0.256. The zero-order valence-corrected chi connectivity index (χ0v) is 24.2. The number of rotatable bonds is 6. The van der Waals surface area contributed by atoms with Crippen molar-refractivity contribution in [2.75, 3.05) is 13.1 Å². The molecule has 1 amide bonds. The number of thiophene rings is 1. The van der Waals surface area contributed by atoms with Gasteiger partial charge < -0.3 is 4.90 Å². The third-order valence-electron chi connectivity index (χ3n) is 6.58. The number of amides is 1. The molecule has 5 nitrogen and oxygen atoms in total. The van der Waals surface area contributed by atoms with Gasteiger partial charge >= 0.3 is 0 Å². The molecule has 1 aliphatic heterocycles. The molecule has 36 heavy (non-hydrogen) atoms. The van der Waals surface area contributed by atoms with Crippen molar-refractivity contribution < 1.29 is 13.2 Å². The number of hydrogen-bond donors (Lipinski definition) is 0. The van der Waals surface area contributed by atoms with E-state index < -0.39 is 22.1 Å². The van der Waals surface area contributed by atoms with Crippen LogP contribution in [-0.2, 0) is 21.2 Å². The zero-order chi connectivity index (χ0) is 26.4. The van der Waals surface area contributed by atoms with Gasteiger partial charge in [0, 0.05) is 27.5 Å². The number of fused-ring (bicyclic) bond motifs is 1. The summed E-state index contributed by atoms with van der Waals surface area (Å²) in [4.78, 5) is 17.1. The second kappa shape index (κ2) is 10.5. The number of hydrogen-bond acceptors (Lipinski definition) is 4. The second-order valence-corrected chi connectivity index (χ2v) is 13.2. The molecule has 0 radical (unpaired) electrons. The highest BCUT2D eigenvalue weighted by Gasteiger charge is 2.38. The van der Waals surface area contributed by atoms with Crippen LogP contribution in [0.1, 0.15) is 52.6 Å². The topological polar surface area (TPSA) is 57.7 Å². The van der Waals surface area contributed by atoms with Crippen LogP contribution >= 0.6 is 34.5 Å². The number of sulfonamides is 1. The van der Waals surface area contributed by atoms with Crippen molar-refractivity contribution in [3.05, 3.63) is 84.5 Å². The van der Waals surface area contributed by atoms with E-state index in [0.29, 0.717) is 34.1 Å². The SMILES string of the molecule is Cc1cc(C)c(S(=O)(=O)N(CC(=O)N2CCc3sccc3C2c2ccc(Cl)cc2Cl)C(C)C)c(C)c1. The van der Waals surface area contributed by atoms with Gasteiger partial charge in [0.1, 0.15) is 0 Å². The Balaban J connectivity index is 1.73. The summed E-state index contributed by atoms with van der Waals surface area (Å²) < 4.78 is 29.0. The van der Waals surface area contributed by atoms with Crippen LogP contribution in [0.25, 0.3) is 0 Å². The van der Waals surface area contributed by atoms with E-state index in [1.165, 1.54) is 9.18 Å². The summed E-state index contributed by atoms with van der Waals surface area (Å²) in [5.74, 6) is -0.262. The summed E-state index contributed by atoms with van der Waals surface area (Å²) in [5, 5.41) is 3.01. The third kappa shape index (κ3) is 5.09. The summed E-state index contributed by atoms with van der Waals surface area (Å²) in [6.07, 6.45) is 0.713. The first kappa shape index (κ1) is 27.1. The zero-order valence-electron chi connectivity index (χ0n) is 21.0. The van der Waals surface area contributed by atoms with Gasteiger partial charge in [-0.05, 0) is 86.9 Å². The van der Waals surface area contributed by atoms with Gasteiger partial charge in [-0.3, -0.25) is 4.79 Å². The molecule has 1 aliphatic rings. The van der Waals surface area contributed by atoms with Crippen LogP contribution in [0.5, 0.6) is 0 Å². The lowest BCUT2D eigenvalue weighted by Crippen LogP contribution is -2.48. The predicted octanol–water partition coefficient (Wildman–Crippen LogP) is 6.55.